The second kappa shape index (κ2) is 11.5. The lowest BCUT2D eigenvalue weighted by Crippen LogP contribution is -2.15. The quantitative estimate of drug-likeness (QED) is 0.274. The Bertz CT molecular complexity index is 1520. The van der Waals surface area contributed by atoms with E-state index in [1.165, 1.54) is 21.3 Å². The van der Waals surface area contributed by atoms with Crippen LogP contribution in [-0.2, 0) is 28.3 Å². The van der Waals surface area contributed by atoms with Gasteiger partial charge in [-0.2, -0.15) is 0 Å². The van der Waals surface area contributed by atoms with E-state index in [-0.39, 0.29) is 22.9 Å². The van der Waals surface area contributed by atoms with Crippen molar-refractivity contribution in [3.05, 3.63) is 54.1 Å². The van der Waals surface area contributed by atoms with Gasteiger partial charge in [0.2, 0.25) is 0 Å². The van der Waals surface area contributed by atoms with Gasteiger partial charge in [0.05, 0.1) is 57.1 Å². The largest absolute Gasteiger partial charge is 0.493 e. The third-order valence-corrected chi connectivity index (χ3v) is 7.25. The summed E-state index contributed by atoms with van der Waals surface area (Å²) in [6, 6.07) is 8.70. The Balaban J connectivity index is 2.10. The molecule has 0 amide bonds. The van der Waals surface area contributed by atoms with Crippen molar-refractivity contribution in [3.8, 4) is 34.1 Å². The number of pyridine rings is 1. The summed E-state index contributed by atoms with van der Waals surface area (Å²) >= 11 is 0. The molecule has 4 rings (SSSR count). The highest BCUT2D eigenvalue weighted by Crippen LogP contribution is 2.42. The molecule has 0 aliphatic rings. The number of hydrogen-bond acceptors (Lipinski definition) is 9. The molecule has 2 heterocycles. The molecule has 0 bridgehead atoms. The molecule has 0 fully saturated rings. The van der Waals surface area contributed by atoms with Crippen molar-refractivity contribution in [1.29, 1.82) is 0 Å². The van der Waals surface area contributed by atoms with Crippen LogP contribution in [-0.4, -0.2) is 59.8 Å². The van der Waals surface area contributed by atoms with E-state index in [4.69, 9.17) is 28.7 Å². The van der Waals surface area contributed by atoms with Gasteiger partial charge in [0, 0.05) is 36.5 Å². The van der Waals surface area contributed by atoms with Crippen LogP contribution in [0.1, 0.15) is 23.1 Å². The fraction of sp³-hybridized carbons (Fsp3) is 0.296. The molecule has 1 atom stereocenters. The van der Waals surface area contributed by atoms with E-state index >= 15 is 0 Å². The van der Waals surface area contributed by atoms with Crippen molar-refractivity contribution < 1.29 is 32.7 Å². The number of imidazole rings is 1. The lowest BCUT2D eigenvalue weighted by molar-refractivity contribution is 0.0522. The Morgan fingerprint density at radius 1 is 0.947 bits per heavy atom. The third-order valence-electron chi connectivity index (χ3n) is 6.01. The summed E-state index contributed by atoms with van der Waals surface area (Å²) in [6.07, 6.45) is 3.39. The van der Waals surface area contributed by atoms with Crippen molar-refractivity contribution in [3.63, 3.8) is 0 Å². The molecule has 10 nitrogen and oxygen atoms in total. The molecule has 2 aromatic carbocycles. The Morgan fingerprint density at radius 2 is 1.61 bits per heavy atom. The van der Waals surface area contributed by atoms with E-state index in [0.29, 0.717) is 50.9 Å². The second-order valence-corrected chi connectivity index (χ2v) is 9.49. The molecule has 0 N–H and O–H groups in total. The van der Waals surface area contributed by atoms with Gasteiger partial charge in [0.15, 0.2) is 23.0 Å². The Kier molecular flexibility index (Phi) is 8.16. The van der Waals surface area contributed by atoms with Crippen molar-refractivity contribution in [2.45, 2.75) is 17.7 Å². The first-order valence-corrected chi connectivity index (χ1v) is 13.0. The first-order chi connectivity index (χ1) is 18.4. The molecular weight excluding hydrogens is 510 g/mol. The highest BCUT2D eigenvalue weighted by Gasteiger charge is 2.29. The first-order valence-electron chi connectivity index (χ1n) is 11.7. The van der Waals surface area contributed by atoms with Crippen LogP contribution in [0.15, 0.2) is 47.8 Å². The van der Waals surface area contributed by atoms with Crippen LogP contribution in [0.2, 0.25) is 0 Å². The number of rotatable bonds is 10. The highest BCUT2D eigenvalue weighted by atomic mass is 32.2. The normalized spacial score (nSPS) is 11.7. The monoisotopic (exact) mass is 539 g/mol. The summed E-state index contributed by atoms with van der Waals surface area (Å²) in [5.74, 6) is 1.85. The molecule has 0 saturated carbocycles. The molecule has 0 spiro atoms. The fourth-order valence-electron chi connectivity index (χ4n) is 4.14. The molecule has 0 saturated heterocycles. The van der Waals surface area contributed by atoms with Gasteiger partial charge in [0.25, 0.3) is 0 Å². The summed E-state index contributed by atoms with van der Waals surface area (Å²) in [7, 11) is 6.17. The van der Waals surface area contributed by atoms with Gasteiger partial charge < -0.3 is 28.3 Å². The number of benzene rings is 2. The number of fused-ring (bicyclic) bond motifs is 1. The highest BCUT2D eigenvalue weighted by molar-refractivity contribution is 7.84. The minimum Gasteiger partial charge on any atom is -0.493 e. The second-order valence-electron chi connectivity index (χ2n) is 8.13. The zero-order valence-corrected chi connectivity index (χ0v) is 22.9. The van der Waals surface area contributed by atoms with E-state index in [1.54, 1.807) is 61.3 Å². The molecule has 4 aromatic rings. The van der Waals surface area contributed by atoms with Crippen LogP contribution in [0.5, 0.6) is 23.0 Å². The number of esters is 1. The number of methoxy groups -OCH3 is 4. The number of nitrogens with zero attached hydrogens (tertiary/aromatic N) is 3. The number of hydrogen-bond donors (Lipinski definition) is 0. The molecule has 11 heteroatoms. The zero-order valence-electron chi connectivity index (χ0n) is 22.1. The van der Waals surface area contributed by atoms with E-state index in [0.717, 1.165) is 0 Å². The molecule has 0 aliphatic heterocycles. The third kappa shape index (κ3) is 5.01. The summed E-state index contributed by atoms with van der Waals surface area (Å²) in [5, 5.41) is 0.659. The van der Waals surface area contributed by atoms with Crippen LogP contribution in [0.25, 0.3) is 22.0 Å². The molecule has 38 heavy (non-hydrogen) atoms. The van der Waals surface area contributed by atoms with Crippen LogP contribution < -0.4 is 18.9 Å². The Hall–Kier alpha value is -4.12. The maximum Gasteiger partial charge on any atom is 0.341 e. The first kappa shape index (κ1) is 26.9. The molecule has 200 valence electrons. The van der Waals surface area contributed by atoms with E-state index in [1.807, 2.05) is 7.05 Å². The van der Waals surface area contributed by atoms with Gasteiger partial charge in [0.1, 0.15) is 16.4 Å². The summed E-state index contributed by atoms with van der Waals surface area (Å²) in [6.45, 7) is 1.83. The summed E-state index contributed by atoms with van der Waals surface area (Å²) < 4.78 is 43.0. The molecule has 0 aliphatic carbocycles. The van der Waals surface area contributed by atoms with Gasteiger partial charge in [-0.15, -0.1) is 0 Å². The minimum absolute atomic E-state index is 0.0487. The average molecular weight is 540 g/mol. The van der Waals surface area contributed by atoms with E-state index in [2.05, 4.69) is 4.98 Å². The number of carbonyl (C=O) groups excluding carboxylic acids is 1. The lowest BCUT2D eigenvalue weighted by Gasteiger charge is -2.19. The van der Waals surface area contributed by atoms with Gasteiger partial charge in [-0.1, -0.05) is 6.07 Å². The van der Waals surface area contributed by atoms with Crippen LogP contribution in [0.3, 0.4) is 0 Å². The minimum atomic E-state index is -1.75. The number of carbonyl (C=O) groups is 1. The molecule has 2 aromatic heterocycles. The van der Waals surface area contributed by atoms with Crippen LogP contribution in [0, 0.1) is 0 Å². The molecule has 1 unspecified atom stereocenters. The van der Waals surface area contributed by atoms with Crippen LogP contribution in [0.4, 0.5) is 0 Å². The van der Waals surface area contributed by atoms with Crippen LogP contribution >= 0.6 is 0 Å². The topological polar surface area (TPSA) is 111 Å². The van der Waals surface area contributed by atoms with Crippen molar-refractivity contribution in [1.82, 2.24) is 14.5 Å². The SMILES string of the molecule is CCOC(=O)c1c(S(=O)Cc2nccn2C)nc2cc(OC)c(OC)cc2c1-c1ccc(OC)c(OC)c1. The smallest absolute Gasteiger partial charge is 0.341 e. The van der Waals surface area contributed by atoms with Gasteiger partial charge in [-0.25, -0.2) is 14.8 Å². The van der Waals surface area contributed by atoms with E-state index in [9.17, 15) is 9.00 Å². The number of aromatic nitrogens is 3. The van der Waals surface area contributed by atoms with Crippen molar-refractivity contribution >= 4 is 27.7 Å². The summed E-state index contributed by atoms with van der Waals surface area (Å²) in [5.41, 5.74) is 1.63. The van der Waals surface area contributed by atoms with Crippen molar-refractivity contribution in [2.75, 3.05) is 35.0 Å². The zero-order chi connectivity index (χ0) is 27.4. The predicted molar refractivity (Wildman–Crippen MR) is 143 cm³/mol. The Labute approximate surface area is 222 Å². The maximum absolute atomic E-state index is 13.8. The standard InChI is InChI=1S/C27H29N3O7S/c1-7-37-27(31)25-24(16-8-9-19(33-3)20(12-16)34-4)17-13-21(35-5)22(36-6)14-18(17)29-26(25)38(32)15-23-28-10-11-30(23)2/h8-14H,7,15H2,1-6H3. The van der Waals surface area contributed by atoms with Gasteiger partial charge >= 0.3 is 5.97 Å². The maximum atomic E-state index is 13.8. The molecular formula is C27H29N3O7S. The predicted octanol–water partition coefficient (Wildman–Crippen LogP) is 4.15. The van der Waals surface area contributed by atoms with Crippen molar-refractivity contribution in [2.24, 2.45) is 7.05 Å². The summed E-state index contributed by atoms with van der Waals surface area (Å²) in [4.78, 5) is 22.5. The molecule has 0 radical (unpaired) electrons. The van der Waals surface area contributed by atoms with E-state index < -0.39 is 16.8 Å². The van der Waals surface area contributed by atoms with Gasteiger partial charge in [-0.05, 0) is 30.7 Å². The fourth-order valence-corrected chi connectivity index (χ4v) is 5.40. The Morgan fingerprint density at radius 3 is 2.21 bits per heavy atom. The number of aryl methyl sites for hydroxylation is 1. The van der Waals surface area contributed by atoms with Gasteiger partial charge in [-0.3, -0.25) is 4.21 Å². The lowest BCUT2D eigenvalue weighted by atomic mass is 9.95. The number of ether oxygens (including phenoxy) is 5. The average Bonchev–Trinajstić information content (AvgIpc) is 3.34.